The zero-order valence-electron chi connectivity index (χ0n) is 10.5. The predicted octanol–water partition coefficient (Wildman–Crippen LogP) is 0.606. The van der Waals surface area contributed by atoms with E-state index in [2.05, 4.69) is 17.1 Å². The maximum Gasteiger partial charge on any atom is 0.139 e. The van der Waals surface area contributed by atoms with Crippen LogP contribution in [0.4, 0.5) is 0 Å². The SMILES string of the molecule is CN(CC1CC(O)C1)CC1(CC(N)=NO)CC1. The van der Waals surface area contributed by atoms with Gasteiger partial charge in [0.25, 0.3) is 0 Å². The molecule has 0 saturated heterocycles. The maximum absolute atomic E-state index is 9.25. The Morgan fingerprint density at radius 1 is 1.47 bits per heavy atom. The number of nitrogens with two attached hydrogens (primary N) is 1. The molecule has 5 nitrogen and oxygen atoms in total. The molecule has 5 heteroatoms. The molecule has 2 saturated carbocycles. The van der Waals surface area contributed by atoms with Gasteiger partial charge in [-0.3, -0.25) is 0 Å². The second-order valence-corrected chi connectivity index (χ2v) is 5.96. The van der Waals surface area contributed by atoms with Crippen LogP contribution >= 0.6 is 0 Å². The average Bonchev–Trinajstić information content (AvgIpc) is 2.95. The van der Waals surface area contributed by atoms with Crippen molar-refractivity contribution in [3.63, 3.8) is 0 Å². The lowest BCUT2D eigenvalue weighted by molar-refractivity contribution is 0.0259. The molecule has 0 heterocycles. The minimum Gasteiger partial charge on any atom is -0.409 e. The summed E-state index contributed by atoms with van der Waals surface area (Å²) in [6.07, 6.45) is 4.85. The van der Waals surface area contributed by atoms with Gasteiger partial charge in [-0.2, -0.15) is 0 Å². The summed E-state index contributed by atoms with van der Waals surface area (Å²) < 4.78 is 0. The Labute approximate surface area is 102 Å². The predicted molar refractivity (Wildman–Crippen MR) is 65.9 cm³/mol. The third-order valence-electron chi connectivity index (χ3n) is 4.03. The lowest BCUT2D eigenvalue weighted by Gasteiger charge is -2.35. The summed E-state index contributed by atoms with van der Waals surface area (Å²) in [4.78, 5) is 2.33. The first-order valence-electron chi connectivity index (χ1n) is 6.36. The first-order valence-corrected chi connectivity index (χ1v) is 6.36. The van der Waals surface area contributed by atoms with Crippen molar-refractivity contribution in [2.75, 3.05) is 20.1 Å². The number of amidine groups is 1. The lowest BCUT2D eigenvalue weighted by atomic mass is 9.82. The number of aliphatic hydroxyl groups is 1. The number of oxime groups is 1. The molecule has 0 radical (unpaired) electrons. The number of hydrogen-bond acceptors (Lipinski definition) is 4. The molecule has 0 aromatic carbocycles. The highest BCUT2D eigenvalue weighted by Crippen LogP contribution is 2.49. The third kappa shape index (κ3) is 3.33. The van der Waals surface area contributed by atoms with Crippen LogP contribution in [0, 0.1) is 11.3 Å². The Hall–Kier alpha value is -0.810. The minimum absolute atomic E-state index is 0.0690. The van der Waals surface area contributed by atoms with Gasteiger partial charge in [-0.05, 0) is 44.1 Å². The van der Waals surface area contributed by atoms with Gasteiger partial charge < -0.3 is 20.9 Å². The molecule has 17 heavy (non-hydrogen) atoms. The molecule has 98 valence electrons. The Kier molecular flexibility index (Phi) is 3.58. The second-order valence-electron chi connectivity index (χ2n) is 5.96. The molecule has 0 aliphatic heterocycles. The summed E-state index contributed by atoms with van der Waals surface area (Å²) in [7, 11) is 2.12. The van der Waals surface area contributed by atoms with E-state index < -0.39 is 0 Å². The number of hydrogen-bond donors (Lipinski definition) is 3. The Bertz CT molecular complexity index is 296. The standard InChI is InChI=1S/C12H23N3O2/c1-15(7-9-4-10(16)5-9)8-12(2-3-12)6-11(13)14-17/h9-10,16-17H,2-8H2,1H3,(H2,13,14). The van der Waals surface area contributed by atoms with Crippen LogP contribution in [-0.4, -0.2) is 47.3 Å². The van der Waals surface area contributed by atoms with E-state index in [0.29, 0.717) is 18.2 Å². The van der Waals surface area contributed by atoms with Gasteiger partial charge in [0.1, 0.15) is 5.84 Å². The van der Waals surface area contributed by atoms with E-state index in [9.17, 15) is 5.11 Å². The summed E-state index contributed by atoms with van der Waals surface area (Å²) in [5.74, 6) is 0.990. The van der Waals surface area contributed by atoms with E-state index in [-0.39, 0.29) is 11.5 Å². The lowest BCUT2D eigenvalue weighted by Crippen LogP contribution is -2.39. The molecule has 0 atom stereocenters. The van der Waals surface area contributed by atoms with Gasteiger partial charge >= 0.3 is 0 Å². The highest BCUT2D eigenvalue weighted by atomic mass is 16.4. The summed E-state index contributed by atoms with van der Waals surface area (Å²) in [6.45, 7) is 2.06. The van der Waals surface area contributed by atoms with E-state index in [4.69, 9.17) is 10.9 Å². The molecule has 2 rings (SSSR count). The summed E-state index contributed by atoms with van der Waals surface area (Å²) >= 11 is 0. The van der Waals surface area contributed by atoms with Crippen molar-refractivity contribution in [1.82, 2.24) is 4.90 Å². The van der Waals surface area contributed by atoms with Crippen LogP contribution in [-0.2, 0) is 0 Å². The van der Waals surface area contributed by atoms with Crippen molar-refractivity contribution < 1.29 is 10.3 Å². The van der Waals surface area contributed by atoms with E-state index in [1.165, 1.54) is 12.8 Å². The quantitative estimate of drug-likeness (QED) is 0.275. The topological polar surface area (TPSA) is 82.1 Å². The largest absolute Gasteiger partial charge is 0.409 e. The van der Waals surface area contributed by atoms with Gasteiger partial charge in [0.15, 0.2) is 0 Å². The molecule has 0 bridgehead atoms. The highest BCUT2D eigenvalue weighted by Gasteiger charge is 2.44. The van der Waals surface area contributed by atoms with Crippen LogP contribution in [0.25, 0.3) is 0 Å². The van der Waals surface area contributed by atoms with Crippen molar-refractivity contribution >= 4 is 5.84 Å². The van der Waals surface area contributed by atoms with Crippen LogP contribution in [0.1, 0.15) is 32.1 Å². The van der Waals surface area contributed by atoms with Crippen LogP contribution in [0.5, 0.6) is 0 Å². The Morgan fingerprint density at radius 2 is 2.12 bits per heavy atom. The van der Waals surface area contributed by atoms with Crippen molar-refractivity contribution in [1.29, 1.82) is 0 Å². The Balaban J connectivity index is 1.72. The van der Waals surface area contributed by atoms with Crippen LogP contribution in [0.15, 0.2) is 5.16 Å². The smallest absolute Gasteiger partial charge is 0.139 e. The highest BCUT2D eigenvalue weighted by molar-refractivity contribution is 5.80. The number of aliphatic hydroxyl groups excluding tert-OH is 1. The van der Waals surface area contributed by atoms with Crippen molar-refractivity contribution in [3.05, 3.63) is 0 Å². The molecule has 0 aromatic heterocycles. The van der Waals surface area contributed by atoms with E-state index in [0.717, 1.165) is 25.9 Å². The zero-order valence-corrected chi connectivity index (χ0v) is 10.5. The van der Waals surface area contributed by atoms with E-state index >= 15 is 0 Å². The van der Waals surface area contributed by atoms with E-state index in [1.807, 2.05) is 0 Å². The molecule has 0 amide bonds. The Morgan fingerprint density at radius 3 is 2.59 bits per heavy atom. The fourth-order valence-electron chi connectivity index (χ4n) is 2.91. The molecule has 0 aromatic rings. The second kappa shape index (κ2) is 4.82. The molecular weight excluding hydrogens is 218 g/mol. The van der Waals surface area contributed by atoms with Gasteiger partial charge in [0.05, 0.1) is 6.10 Å². The number of rotatable bonds is 6. The molecule has 2 fully saturated rings. The zero-order chi connectivity index (χ0) is 12.5. The normalized spacial score (nSPS) is 31.4. The van der Waals surface area contributed by atoms with Crippen LogP contribution in [0.3, 0.4) is 0 Å². The van der Waals surface area contributed by atoms with Gasteiger partial charge in [-0.15, -0.1) is 0 Å². The summed E-state index contributed by atoms with van der Waals surface area (Å²) in [6, 6.07) is 0. The van der Waals surface area contributed by atoms with Crippen molar-refractivity contribution in [3.8, 4) is 0 Å². The monoisotopic (exact) mass is 241 g/mol. The molecule has 2 aliphatic carbocycles. The average molecular weight is 241 g/mol. The van der Waals surface area contributed by atoms with Gasteiger partial charge in [0.2, 0.25) is 0 Å². The molecule has 0 spiro atoms. The molecular formula is C12H23N3O2. The van der Waals surface area contributed by atoms with Gasteiger partial charge in [0, 0.05) is 19.5 Å². The molecule has 0 unspecified atom stereocenters. The summed E-state index contributed by atoms with van der Waals surface area (Å²) in [5.41, 5.74) is 5.82. The molecule has 2 aliphatic rings. The number of nitrogens with zero attached hydrogens (tertiary/aromatic N) is 2. The third-order valence-corrected chi connectivity index (χ3v) is 4.03. The van der Waals surface area contributed by atoms with Crippen LogP contribution in [0.2, 0.25) is 0 Å². The first kappa shape index (κ1) is 12.6. The first-order chi connectivity index (χ1) is 8.03. The fraction of sp³-hybridized carbons (Fsp3) is 0.917. The van der Waals surface area contributed by atoms with Gasteiger partial charge in [-0.25, -0.2) is 0 Å². The van der Waals surface area contributed by atoms with Crippen LogP contribution < -0.4 is 5.73 Å². The fourth-order valence-corrected chi connectivity index (χ4v) is 2.91. The van der Waals surface area contributed by atoms with Crippen molar-refractivity contribution in [2.24, 2.45) is 22.2 Å². The van der Waals surface area contributed by atoms with Gasteiger partial charge in [-0.1, -0.05) is 5.16 Å². The van der Waals surface area contributed by atoms with E-state index in [1.54, 1.807) is 0 Å². The van der Waals surface area contributed by atoms with Crippen molar-refractivity contribution in [2.45, 2.75) is 38.2 Å². The summed E-state index contributed by atoms with van der Waals surface area (Å²) in [5, 5.41) is 20.9. The maximum atomic E-state index is 9.25. The molecule has 4 N–H and O–H groups in total. The minimum atomic E-state index is -0.0690.